The molecule has 6 heteroatoms. The van der Waals surface area contributed by atoms with Crippen molar-refractivity contribution >= 4 is 5.97 Å². The van der Waals surface area contributed by atoms with Gasteiger partial charge in [-0.15, -0.1) is 0 Å². The second kappa shape index (κ2) is 11.2. The Morgan fingerprint density at radius 2 is 1.71 bits per heavy atom. The molecular formula is C15H23NO5. The Morgan fingerprint density at radius 3 is 2.33 bits per heavy atom. The van der Waals surface area contributed by atoms with Gasteiger partial charge >= 0.3 is 5.97 Å². The normalized spacial score (nSPS) is 12.2. The summed E-state index contributed by atoms with van der Waals surface area (Å²) in [5, 5.41) is 12.2. The number of carbonyl (C=O) groups is 1. The van der Waals surface area contributed by atoms with Crippen LogP contribution in [0.1, 0.15) is 11.6 Å². The van der Waals surface area contributed by atoms with Gasteiger partial charge in [-0.1, -0.05) is 30.3 Å². The van der Waals surface area contributed by atoms with Gasteiger partial charge in [-0.2, -0.15) is 0 Å². The average Bonchev–Trinajstić information content (AvgIpc) is 2.50. The van der Waals surface area contributed by atoms with Gasteiger partial charge in [0.1, 0.15) is 6.04 Å². The predicted molar refractivity (Wildman–Crippen MR) is 78.3 cm³/mol. The highest BCUT2D eigenvalue weighted by Gasteiger charge is 2.18. The molecule has 1 atom stereocenters. The van der Waals surface area contributed by atoms with Crippen LogP contribution < -0.4 is 5.32 Å². The Labute approximate surface area is 125 Å². The van der Waals surface area contributed by atoms with Gasteiger partial charge in [0.2, 0.25) is 0 Å². The molecule has 1 aromatic rings. The van der Waals surface area contributed by atoms with E-state index in [4.69, 9.17) is 14.2 Å². The minimum atomic E-state index is -0.899. The van der Waals surface area contributed by atoms with E-state index in [-0.39, 0.29) is 0 Å². The maximum Gasteiger partial charge on any atom is 0.325 e. The van der Waals surface area contributed by atoms with Crippen LogP contribution in [0.5, 0.6) is 0 Å². The van der Waals surface area contributed by atoms with E-state index in [9.17, 15) is 9.90 Å². The third kappa shape index (κ3) is 7.77. The summed E-state index contributed by atoms with van der Waals surface area (Å²) in [6.45, 7) is 3.00. The van der Waals surface area contributed by atoms with Crippen LogP contribution in [0.15, 0.2) is 30.3 Å². The molecule has 0 aliphatic rings. The first-order valence-corrected chi connectivity index (χ1v) is 6.91. The van der Waals surface area contributed by atoms with E-state index >= 15 is 0 Å². The smallest absolute Gasteiger partial charge is 0.325 e. The SMILES string of the molecule is COCCOCCOCCNC(C(=O)O)c1ccccc1. The number of ether oxygens (including phenoxy) is 3. The standard InChI is InChI=1S/C15H23NO5/c1-19-9-10-21-12-11-20-8-7-16-14(15(17)18)13-5-3-2-4-6-13/h2-6,14,16H,7-12H2,1H3,(H,17,18). The second-order valence-electron chi connectivity index (χ2n) is 4.35. The van der Waals surface area contributed by atoms with Crippen molar-refractivity contribution in [3.63, 3.8) is 0 Å². The number of carboxylic acid groups (broad SMARTS) is 1. The highest BCUT2D eigenvalue weighted by Crippen LogP contribution is 2.11. The van der Waals surface area contributed by atoms with Crippen molar-refractivity contribution < 1.29 is 24.1 Å². The summed E-state index contributed by atoms with van der Waals surface area (Å²) in [5.74, 6) is -0.899. The number of carboxylic acids is 1. The molecule has 0 aliphatic carbocycles. The van der Waals surface area contributed by atoms with Crippen LogP contribution in [0, 0.1) is 0 Å². The van der Waals surface area contributed by atoms with E-state index in [2.05, 4.69) is 5.32 Å². The quantitative estimate of drug-likeness (QED) is 0.562. The molecular weight excluding hydrogens is 274 g/mol. The molecule has 1 unspecified atom stereocenters. The molecule has 21 heavy (non-hydrogen) atoms. The van der Waals surface area contributed by atoms with Crippen LogP contribution in [0.3, 0.4) is 0 Å². The number of hydrogen-bond acceptors (Lipinski definition) is 5. The molecule has 0 heterocycles. The number of hydrogen-bond donors (Lipinski definition) is 2. The highest BCUT2D eigenvalue weighted by molar-refractivity contribution is 5.75. The minimum Gasteiger partial charge on any atom is -0.480 e. The Morgan fingerprint density at radius 1 is 1.10 bits per heavy atom. The summed E-state index contributed by atoms with van der Waals surface area (Å²) in [5.41, 5.74) is 0.730. The lowest BCUT2D eigenvalue weighted by Gasteiger charge is -2.14. The van der Waals surface area contributed by atoms with Crippen molar-refractivity contribution in [2.45, 2.75) is 6.04 Å². The molecule has 0 aromatic heterocycles. The second-order valence-corrected chi connectivity index (χ2v) is 4.35. The molecule has 0 fully saturated rings. The van der Waals surface area contributed by atoms with Gasteiger partial charge in [-0.3, -0.25) is 10.1 Å². The largest absolute Gasteiger partial charge is 0.480 e. The highest BCUT2D eigenvalue weighted by atomic mass is 16.5. The maximum atomic E-state index is 11.2. The summed E-state index contributed by atoms with van der Waals surface area (Å²) in [4.78, 5) is 11.2. The molecule has 0 radical (unpaired) electrons. The Balaban J connectivity index is 2.13. The fourth-order valence-electron chi connectivity index (χ4n) is 1.73. The lowest BCUT2D eigenvalue weighted by Crippen LogP contribution is -2.31. The van der Waals surface area contributed by atoms with Crippen molar-refractivity contribution in [2.24, 2.45) is 0 Å². The van der Waals surface area contributed by atoms with Crippen molar-refractivity contribution in [1.82, 2.24) is 5.32 Å². The molecule has 0 bridgehead atoms. The number of methoxy groups -OCH3 is 1. The number of benzene rings is 1. The Hall–Kier alpha value is -1.47. The first-order chi connectivity index (χ1) is 10.3. The molecule has 1 rings (SSSR count). The molecule has 0 saturated heterocycles. The fourth-order valence-corrected chi connectivity index (χ4v) is 1.73. The summed E-state index contributed by atoms with van der Waals surface area (Å²) < 4.78 is 15.4. The topological polar surface area (TPSA) is 77.0 Å². The van der Waals surface area contributed by atoms with Gasteiger partial charge in [-0.25, -0.2) is 0 Å². The van der Waals surface area contributed by atoms with Crippen molar-refractivity contribution in [3.05, 3.63) is 35.9 Å². The lowest BCUT2D eigenvalue weighted by molar-refractivity contribution is -0.139. The van der Waals surface area contributed by atoms with Crippen molar-refractivity contribution in [1.29, 1.82) is 0 Å². The molecule has 0 saturated carbocycles. The third-order valence-corrected chi connectivity index (χ3v) is 2.78. The molecule has 0 aliphatic heterocycles. The molecule has 6 nitrogen and oxygen atoms in total. The van der Waals surface area contributed by atoms with Gasteiger partial charge in [0.15, 0.2) is 0 Å². The Kier molecular flexibility index (Phi) is 9.39. The van der Waals surface area contributed by atoms with E-state index in [0.29, 0.717) is 39.6 Å². The van der Waals surface area contributed by atoms with Crippen molar-refractivity contribution in [3.8, 4) is 0 Å². The van der Waals surface area contributed by atoms with Crippen LogP contribution in [0.25, 0.3) is 0 Å². The van der Waals surface area contributed by atoms with Crippen LogP contribution in [0.4, 0.5) is 0 Å². The van der Waals surface area contributed by atoms with E-state index in [0.717, 1.165) is 5.56 Å². The van der Waals surface area contributed by atoms with Gasteiger partial charge in [0, 0.05) is 13.7 Å². The van der Waals surface area contributed by atoms with Crippen LogP contribution in [0.2, 0.25) is 0 Å². The molecule has 0 spiro atoms. The van der Waals surface area contributed by atoms with Crippen LogP contribution in [-0.4, -0.2) is 57.8 Å². The maximum absolute atomic E-state index is 11.2. The van der Waals surface area contributed by atoms with Gasteiger partial charge in [-0.05, 0) is 5.56 Å². The Bertz CT molecular complexity index is 385. The minimum absolute atomic E-state index is 0.435. The first kappa shape index (κ1) is 17.6. The first-order valence-electron chi connectivity index (χ1n) is 6.91. The molecule has 0 amide bonds. The van der Waals surface area contributed by atoms with E-state index in [1.54, 1.807) is 19.2 Å². The summed E-state index contributed by atoms with van der Waals surface area (Å²) in [6.07, 6.45) is 0. The summed E-state index contributed by atoms with van der Waals surface area (Å²) in [7, 11) is 1.62. The monoisotopic (exact) mass is 297 g/mol. The van der Waals surface area contributed by atoms with E-state index < -0.39 is 12.0 Å². The van der Waals surface area contributed by atoms with E-state index in [1.807, 2.05) is 18.2 Å². The van der Waals surface area contributed by atoms with Crippen LogP contribution >= 0.6 is 0 Å². The zero-order valence-electron chi connectivity index (χ0n) is 12.3. The fraction of sp³-hybridized carbons (Fsp3) is 0.533. The van der Waals surface area contributed by atoms with Gasteiger partial charge < -0.3 is 19.3 Å². The van der Waals surface area contributed by atoms with Gasteiger partial charge in [0.25, 0.3) is 0 Å². The van der Waals surface area contributed by atoms with E-state index in [1.165, 1.54) is 0 Å². The molecule has 118 valence electrons. The average molecular weight is 297 g/mol. The third-order valence-electron chi connectivity index (χ3n) is 2.78. The van der Waals surface area contributed by atoms with Crippen LogP contribution in [-0.2, 0) is 19.0 Å². The zero-order valence-corrected chi connectivity index (χ0v) is 12.3. The van der Waals surface area contributed by atoms with Gasteiger partial charge in [0.05, 0.1) is 33.0 Å². The predicted octanol–water partition coefficient (Wildman–Crippen LogP) is 1.08. The molecule has 2 N–H and O–H groups in total. The number of aliphatic carboxylic acids is 1. The lowest BCUT2D eigenvalue weighted by atomic mass is 10.1. The number of nitrogens with one attached hydrogen (secondary N) is 1. The molecule has 1 aromatic carbocycles. The summed E-state index contributed by atoms with van der Waals surface area (Å²) in [6, 6.07) is 8.36. The zero-order chi connectivity index (χ0) is 15.3. The van der Waals surface area contributed by atoms with Crippen molar-refractivity contribution in [2.75, 3.05) is 46.7 Å². The summed E-state index contributed by atoms with van der Waals surface area (Å²) >= 11 is 0. The number of rotatable bonds is 12.